The molecule has 0 heterocycles. The summed E-state index contributed by atoms with van der Waals surface area (Å²) < 4.78 is 88.0. The molecule has 1 aromatic rings. The van der Waals surface area contributed by atoms with Crippen LogP contribution in [0.3, 0.4) is 0 Å². The molecule has 0 saturated carbocycles. The van der Waals surface area contributed by atoms with Crippen molar-refractivity contribution in [3.8, 4) is 0 Å². The number of halogens is 8. The van der Waals surface area contributed by atoms with Gasteiger partial charge < -0.3 is 5.73 Å². The molecule has 102 valence electrons. The van der Waals surface area contributed by atoms with E-state index in [1.807, 2.05) is 0 Å². The van der Waals surface area contributed by atoms with Crippen LogP contribution in [0.4, 0.5) is 30.7 Å². The fourth-order valence-electron chi connectivity index (χ4n) is 1.19. The molecular weight excluding hydrogens is 291 g/mol. The molecule has 1 rings (SSSR count). The van der Waals surface area contributed by atoms with Crippen molar-refractivity contribution in [2.45, 2.75) is 18.1 Å². The van der Waals surface area contributed by atoms with Gasteiger partial charge in [-0.05, 0) is 12.1 Å². The minimum absolute atomic E-state index is 0.364. The van der Waals surface area contributed by atoms with E-state index in [-0.39, 0.29) is 0 Å². The van der Waals surface area contributed by atoms with E-state index in [2.05, 4.69) is 5.73 Å². The molecule has 0 aliphatic carbocycles. The Morgan fingerprint density at radius 2 is 1.44 bits per heavy atom. The molecule has 2 N–H and O–H groups in total. The summed E-state index contributed by atoms with van der Waals surface area (Å²) in [6, 6.07) is -2.29. The first kappa shape index (κ1) is 15.0. The van der Waals surface area contributed by atoms with E-state index >= 15 is 0 Å². The summed E-state index contributed by atoms with van der Waals surface area (Å²) in [6.07, 6.45) is -6.01. The van der Waals surface area contributed by atoms with Gasteiger partial charge in [-0.15, -0.1) is 0 Å². The maximum Gasteiger partial charge on any atom is 0.455 e. The number of rotatable bonds is 2. The first-order valence-electron chi connectivity index (χ1n) is 4.33. The minimum Gasteiger partial charge on any atom is -0.319 e. The highest BCUT2D eigenvalue weighted by atomic mass is 35.5. The van der Waals surface area contributed by atoms with Crippen molar-refractivity contribution in [3.05, 3.63) is 34.4 Å². The summed E-state index contributed by atoms with van der Waals surface area (Å²) in [5.74, 6) is -8.33. The number of alkyl halides is 5. The first-order chi connectivity index (χ1) is 8.00. The molecule has 9 heteroatoms. The molecule has 18 heavy (non-hydrogen) atoms. The van der Waals surface area contributed by atoms with Crippen molar-refractivity contribution in [2.24, 2.45) is 5.73 Å². The molecule has 0 spiro atoms. The molecule has 0 aliphatic rings. The van der Waals surface area contributed by atoms with Gasteiger partial charge in [0.2, 0.25) is 0 Å². The molecule has 1 atom stereocenters. The zero-order chi connectivity index (χ0) is 14.3. The van der Waals surface area contributed by atoms with E-state index in [4.69, 9.17) is 11.6 Å². The normalized spacial score (nSPS) is 14.7. The second-order valence-electron chi connectivity index (χ2n) is 3.36. The monoisotopic (exact) mass is 295 g/mol. The van der Waals surface area contributed by atoms with Gasteiger partial charge in [0.05, 0.1) is 5.02 Å². The van der Waals surface area contributed by atoms with Gasteiger partial charge in [-0.25, -0.2) is 8.78 Å². The summed E-state index contributed by atoms with van der Waals surface area (Å²) in [5.41, 5.74) is 3.25. The van der Waals surface area contributed by atoms with Gasteiger partial charge in [0.25, 0.3) is 0 Å². The number of nitrogens with two attached hydrogens (primary N) is 1. The Bertz CT molecular complexity index is 457. The van der Waals surface area contributed by atoms with Gasteiger partial charge in [-0.3, -0.25) is 0 Å². The van der Waals surface area contributed by atoms with Crippen molar-refractivity contribution in [1.82, 2.24) is 0 Å². The van der Waals surface area contributed by atoms with Crippen LogP contribution in [0.25, 0.3) is 0 Å². The predicted molar refractivity (Wildman–Crippen MR) is 49.3 cm³/mol. The number of hydrogen-bond donors (Lipinski definition) is 1. The van der Waals surface area contributed by atoms with Crippen molar-refractivity contribution < 1.29 is 30.7 Å². The van der Waals surface area contributed by atoms with E-state index in [9.17, 15) is 30.7 Å². The lowest BCUT2D eigenvalue weighted by atomic mass is 10.00. The third-order valence-electron chi connectivity index (χ3n) is 2.16. The van der Waals surface area contributed by atoms with Crippen LogP contribution in [0, 0.1) is 11.6 Å². The summed E-state index contributed by atoms with van der Waals surface area (Å²) in [7, 11) is 0. The van der Waals surface area contributed by atoms with Gasteiger partial charge in [0.1, 0.15) is 17.7 Å². The van der Waals surface area contributed by atoms with E-state index < -0.39 is 40.4 Å². The number of hydrogen-bond acceptors (Lipinski definition) is 1. The van der Waals surface area contributed by atoms with Crippen LogP contribution in [0.15, 0.2) is 12.1 Å². The highest BCUT2D eigenvalue weighted by molar-refractivity contribution is 6.31. The van der Waals surface area contributed by atoms with Crippen LogP contribution in [-0.4, -0.2) is 12.1 Å². The third kappa shape index (κ3) is 2.39. The molecule has 0 fully saturated rings. The molecule has 0 radical (unpaired) electrons. The lowest BCUT2D eigenvalue weighted by molar-refractivity contribution is -0.291. The number of benzene rings is 1. The van der Waals surface area contributed by atoms with Gasteiger partial charge in [0.15, 0.2) is 0 Å². The van der Waals surface area contributed by atoms with E-state index in [1.54, 1.807) is 0 Å². The quantitative estimate of drug-likeness (QED) is 0.651. The Labute approximate surface area is 101 Å². The van der Waals surface area contributed by atoms with Crippen LogP contribution in [0.5, 0.6) is 0 Å². The highest BCUT2D eigenvalue weighted by Crippen LogP contribution is 2.45. The lowest BCUT2D eigenvalue weighted by Crippen LogP contribution is -2.46. The van der Waals surface area contributed by atoms with Crippen LogP contribution in [-0.2, 0) is 0 Å². The fraction of sp³-hybridized carbons (Fsp3) is 0.333. The standard InChI is InChI=1S/C9H5ClF7N/c10-6-4(12)2-1-3(11)5(6)7(18)8(13,14)9(15,16)17/h1-2,7H,18H2/t7-/m0/s1. The minimum atomic E-state index is -6.01. The SMILES string of the molecule is N[C@@H](c1c(F)ccc(F)c1Cl)C(F)(F)C(F)(F)F. The average Bonchev–Trinajstić information content (AvgIpc) is 2.22. The predicted octanol–water partition coefficient (Wildman–Crippen LogP) is 3.82. The van der Waals surface area contributed by atoms with Gasteiger partial charge >= 0.3 is 12.1 Å². The maximum absolute atomic E-state index is 13.2. The summed E-state index contributed by atoms with van der Waals surface area (Å²) in [5, 5.41) is -1.20. The largest absolute Gasteiger partial charge is 0.455 e. The van der Waals surface area contributed by atoms with Crippen LogP contribution >= 0.6 is 11.6 Å². The van der Waals surface area contributed by atoms with Gasteiger partial charge in [-0.1, -0.05) is 11.6 Å². The van der Waals surface area contributed by atoms with Crippen molar-refractivity contribution in [3.63, 3.8) is 0 Å². The smallest absolute Gasteiger partial charge is 0.319 e. The molecule has 1 aromatic carbocycles. The molecular formula is C9H5ClF7N. The maximum atomic E-state index is 13.2. The highest BCUT2D eigenvalue weighted by Gasteiger charge is 2.62. The van der Waals surface area contributed by atoms with Crippen molar-refractivity contribution in [1.29, 1.82) is 0 Å². The summed E-state index contributed by atoms with van der Waals surface area (Å²) >= 11 is 5.15. The molecule has 0 bridgehead atoms. The molecule has 0 aromatic heterocycles. The molecule has 0 amide bonds. The van der Waals surface area contributed by atoms with Crippen LogP contribution in [0.1, 0.15) is 11.6 Å². The Balaban J connectivity index is 3.36. The summed E-state index contributed by atoms with van der Waals surface area (Å²) in [6.45, 7) is 0. The fourth-order valence-corrected chi connectivity index (χ4v) is 1.46. The van der Waals surface area contributed by atoms with Crippen LogP contribution < -0.4 is 5.73 Å². The zero-order valence-corrected chi connectivity index (χ0v) is 9.09. The molecule has 0 saturated heterocycles. The van der Waals surface area contributed by atoms with Crippen molar-refractivity contribution in [2.75, 3.05) is 0 Å². The van der Waals surface area contributed by atoms with E-state index in [1.165, 1.54) is 0 Å². The average molecular weight is 296 g/mol. The third-order valence-corrected chi connectivity index (χ3v) is 2.54. The lowest BCUT2D eigenvalue weighted by Gasteiger charge is -2.26. The van der Waals surface area contributed by atoms with Gasteiger partial charge in [0, 0.05) is 5.56 Å². The molecule has 0 aliphatic heterocycles. The Hall–Kier alpha value is -1.02. The molecule has 1 nitrogen and oxygen atoms in total. The van der Waals surface area contributed by atoms with Gasteiger partial charge in [-0.2, -0.15) is 22.0 Å². The summed E-state index contributed by atoms with van der Waals surface area (Å²) in [4.78, 5) is 0. The second-order valence-corrected chi connectivity index (χ2v) is 3.73. The second kappa shape index (κ2) is 4.58. The molecule has 0 unspecified atom stereocenters. The topological polar surface area (TPSA) is 26.0 Å². The Kier molecular flexibility index (Phi) is 3.83. The van der Waals surface area contributed by atoms with E-state index in [0.29, 0.717) is 12.1 Å². The van der Waals surface area contributed by atoms with Crippen LogP contribution in [0.2, 0.25) is 5.02 Å². The first-order valence-corrected chi connectivity index (χ1v) is 4.71. The van der Waals surface area contributed by atoms with Crippen molar-refractivity contribution >= 4 is 11.6 Å². The zero-order valence-electron chi connectivity index (χ0n) is 8.33. The Morgan fingerprint density at radius 1 is 1.00 bits per heavy atom. The Morgan fingerprint density at radius 3 is 1.89 bits per heavy atom. The van der Waals surface area contributed by atoms with E-state index in [0.717, 1.165) is 0 Å².